The van der Waals surface area contributed by atoms with Gasteiger partial charge >= 0.3 is 0 Å². The molecular formula is C13H6ClIO2S. The molecule has 5 heteroatoms. The van der Waals surface area contributed by atoms with Crippen LogP contribution in [0.2, 0.25) is 5.02 Å². The van der Waals surface area contributed by atoms with E-state index in [0.29, 0.717) is 21.9 Å². The lowest BCUT2D eigenvalue weighted by Gasteiger charge is -1.92. The highest BCUT2D eigenvalue weighted by Crippen LogP contribution is 2.28. The molecule has 0 radical (unpaired) electrons. The van der Waals surface area contributed by atoms with E-state index in [-0.39, 0.29) is 5.78 Å². The number of para-hydroxylation sites is 1. The average Bonchev–Trinajstić information content (AvgIpc) is 2.95. The van der Waals surface area contributed by atoms with E-state index in [9.17, 15) is 4.79 Å². The van der Waals surface area contributed by atoms with Gasteiger partial charge in [-0.05, 0) is 40.8 Å². The van der Waals surface area contributed by atoms with Crippen molar-refractivity contribution in [3.63, 3.8) is 0 Å². The Balaban J connectivity index is 2.10. The van der Waals surface area contributed by atoms with E-state index in [4.69, 9.17) is 16.0 Å². The molecule has 2 aromatic heterocycles. The van der Waals surface area contributed by atoms with Gasteiger partial charge in [0.15, 0.2) is 11.3 Å². The first-order chi connectivity index (χ1) is 8.65. The van der Waals surface area contributed by atoms with Crippen LogP contribution in [0.5, 0.6) is 0 Å². The van der Waals surface area contributed by atoms with Gasteiger partial charge in [-0.15, -0.1) is 11.3 Å². The van der Waals surface area contributed by atoms with Crippen LogP contribution in [0.25, 0.3) is 11.0 Å². The third kappa shape index (κ3) is 2.08. The second-order valence-corrected chi connectivity index (χ2v) is 6.95. The van der Waals surface area contributed by atoms with Crippen LogP contribution >= 0.6 is 45.5 Å². The van der Waals surface area contributed by atoms with E-state index in [2.05, 4.69) is 22.6 Å². The summed E-state index contributed by atoms with van der Waals surface area (Å²) >= 11 is 9.74. The molecule has 0 N–H and O–H groups in total. The summed E-state index contributed by atoms with van der Waals surface area (Å²) in [4.78, 5) is 12.2. The minimum absolute atomic E-state index is 0.110. The lowest BCUT2D eigenvalue weighted by molar-refractivity contribution is 0.101. The Morgan fingerprint density at radius 1 is 1.33 bits per heavy atom. The largest absolute Gasteiger partial charge is 0.451 e. The van der Waals surface area contributed by atoms with Crippen molar-refractivity contribution in [2.45, 2.75) is 0 Å². The number of fused-ring (bicyclic) bond motifs is 1. The van der Waals surface area contributed by atoms with E-state index >= 15 is 0 Å². The second-order valence-electron chi connectivity index (χ2n) is 3.74. The molecule has 0 amide bonds. The number of thiophene rings is 1. The quantitative estimate of drug-likeness (QED) is 0.458. The summed E-state index contributed by atoms with van der Waals surface area (Å²) in [6.07, 6.45) is 0. The van der Waals surface area contributed by atoms with Gasteiger partial charge in [0.05, 0.1) is 7.91 Å². The van der Waals surface area contributed by atoms with Crippen molar-refractivity contribution in [1.29, 1.82) is 0 Å². The van der Waals surface area contributed by atoms with Crippen LogP contribution in [0.4, 0.5) is 0 Å². The molecule has 3 aromatic rings. The first kappa shape index (κ1) is 12.2. The van der Waals surface area contributed by atoms with Gasteiger partial charge in [-0.3, -0.25) is 4.79 Å². The topological polar surface area (TPSA) is 30.2 Å². The number of ketones is 1. The second kappa shape index (κ2) is 4.68. The molecule has 0 saturated heterocycles. The standard InChI is InChI=1S/C13H6ClIO2S/c14-9-3-1-2-7-4-10(17-13(7)9)12(16)8-5-11(15)18-6-8/h1-6H. The van der Waals surface area contributed by atoms with Crippen LogP contribution in [0, 0.1) is 2.88 Å². The minimum atomic E-state index is -0.110. The highest BCUT2D eigenvalue weighted by molar-refractivity contribution is 14.1. The van der Waals surface area contributed by atoms with Crippen molar-refractivity contribution in [3.8, 4) is 0 Å². The average molecular weight is 389 g/mol. The molecule has 0 spiro atoms. The fourth-order valence-corrected chi connectivity index (χ4v) is 3.26. The van der Waals surface area contributed by atoms with Crippen LogP contribution in [0.1, 0.15) is 16.1 Å². The van der Waals surface area contributed by atoms with Crippen LogP contribution in [-0.2, 0) is 0 Å². The van der Waals surface area contributed by atoms with Crippen LogP contribution in [-0.4, -0.2) is 5.78 Å². The van der Waals surface area contributed by atoms with E-state index < -0.39 is 0 Å². The molecule has 0 saturated carbocycles. The smallest absolute Gasteiger partial charge is 0.229 e. The zero-order chi connectivity index (χ0) is 12.7. The van der Waals surface area contributed by atoms with Crippen molar-refractivity contribution in [2.75, 3.05) is 0 Å². The number of halogens is 2. The van der Waals surface area contributed by atoms with Crippen molar-refractivity contribution in [2.24, 2.45) is 0 Å². The number of benzene rings is 1. The van der Waals surface area contributed by atoms with Gasteiger partial charge < -0.3 is 4.42 Å². The molecule has 0 aliphatic carbocycles. The molecule has 0 aliphatic rings. The van der Waals surface area contributed by atoms with Gasteiger partial charge in [0.2, 0.25) is 5.78 Å². The van der Waals surface area contributed by atoms with E-state index in [1.165, 1.54) is 11.3 Å². The van der Waals surface area contributed by atoms with Gasteiger partial charge in [0, 0.05) is 16.3 Å². The first-order valence-corrected chi connectivity index (χ1v) is 7.45. The lowest BCUT2D eigenvalue weighted by atomic mass is 10.1. The molecule has 0 unspecified atom stereocenters. The van der Waals surface area contributed by atoms with Crippen LogP contribution in [0.3, 0.4) is 0 Å². The summed E-state index contributed by atoms with van der Waals surface area (Å²) in [5.41, 5.74) is 1.21. The Hall–Kier alpha value is -0.850. The van der Waals surface area contributed by atoms with E-state index in [0.717, 1.165) is 8.27 Å². The molecule has 18 heavy (non-hydrogen) atoms. The SMILES string of the molecule is O=C(c1csc(I)c1)c1cc2cccc(Cl)c2o1. The van der Waals surface area contributed by atoms with Gasteiger partial charge in [0.25, 0.3) is 0 Å². The van der Waals surface area contributed by atoms with Crippen molar-refractivity contribution in [1.82, 2.24) is 0 Å². The van der Waals surface area contributed by atoms with Gasteiger partial charge in [-0.2, -0.15) is 0 Å². The summed E-state index contributed by atoms with van der Waals surface area (Å²) in [5.74, 6) is 0.216. The zero-order valence-electron chi connectivity index (χ0n) is 8.94. The maximum absolute atomic E-state index is 12.2. The number of hydrogen-bond acceptors (Lipinski definition) is 3. The van der Waals surface area contributed by atoms with Gasteiger partial charge in [-0.25, -0.2) is 0 Å². The predicted molar refractivity (Wildman–Crippen MR) is 81.7 cm³/mol. The maximum atomic E-state index is 12.2. The normalized spacial score (nSPS) is 11.0. The van der Waals surface area contributed by atoms with Gasteiger partial charge in [0.1, 0.15) is 0 Å². The molecule has 90 valence electrons. The number of hydrogen-bond donors (Lipinski definition) is 0. The number of furan rings is 1. The lowest BCUT2D eigenvalue weighted by Crippen LogP contribution is -1.96. The molecule has 0 atom stereocenters. The Morgan fingerprint density at radius 3 is 2.83 bits per heavy atom. The summed E-state index contributed by atoms with van der Waals surface area (Å²) in [5, 5.41) is 3.20. The zero-order valence-corrected chi connectivity index (χ0v) is 12.7. The molecule has 2 heterocycles. The first-order valence-electron chi connectivity index (χ1n) is 5.12. The molecular weight excluding hydrogens is 383 g/mol. The predicted octanol–water partition coefficient (Wildman–Crippen LogP) is 4.98. The maximum Gasteiger partial charge on any atom is 0.229 e. The van der Waals surface area contributed by atoms with Gasteiger partial charge in [-0.1, -0.05) is 23.7 Å². The third-order valence-electron chi connectivity index (χ3n) is 2.55. The summed E-state index contributed by atoms with van der Waals surface area (Å²) in [6.45, 7) is 0. The Morgan fingerprint density at radius 2 is 2.17 bits per heavy atom. The molecule has 0 fully saturated rings. The Labute approximate surface area is 126 Å². The minimum Gasteiger partial charge on any atom is -0.451 e. The van der Waals surface area contributed by atoms with Crippen molar-refractivity contribution in [3.05, 3.63) is 54.9 Å². The highest BCUT2D eigenvalue weighted by Gasteiger charge is 2.16. The van der Waals surface area contributed by atoms with E-state index in [1.807, 2.05) is 23.6 Å². The van der Waals surface area contributed by atoms with Crippen molar-refractivity contribution < 1.29 is 9.21 Å². The molecule has 2 nitrogen and oxygen atoms in total. The summed E-state index contributed by atoms with van der Waals surface area (Å²) < 4.78 is 6.62. The van der Waals surface area contributed by atoms with Crippen LogP contribution < -0.4 is 0 Å². The third-order valence-corrected chi connectivity index (χ3v) is 4.64. The Bertz CT molecular complexity index is 744. The number of carbonyl (C=O) groups excluding carboxylic acids is 1. The summed E-state index contributed by atoms with van der Waals surface area (Å²) in [6, 6.07) is 9.03. The molecule has 0 aliphatic heterocycles. The van der Waals surface area contributed by atoms with E-state index in [1.54, 1.807) is 12.1 Å². The Kier molecular flexibility index (Phi) is 3.17. The monoisotopic (exact) mass is 388 g/mol. The highest BCUT2D eigenvalue weighted by atomic mass is 127. The van der Waals surface area contributed by atoms with Crippen molar-refractivity contribution >= 4 is 62.3 Å². The summed E-state index contributed by atoms with van der Waals surface area (Å²) in [7, 11) is 0. The molecule has 0 bridgehead atoms. The molecule has 3 rings (SSSR count). The van der Waals surface area contributed by atoms with Crippen LogP contribution in [0.15, 0.2) is 40.1 Å². The molecule has 1 aromatic carbocycles. The number of carbonyl (C=O) groups is 1. The fourth-order valence-electron chi connectivity index (χ4n) is 1.71. The number of rotatable bonds is 2. The fraction of sp³-hybridized carbons (Fsp3) is 0.